The number of aromatic nitrogens is 1. The molecular weight excluding hydrogens is 270 g/mol. The van der Waals surface area contributed by atoms with E-state index < -0.39 is 0 Å². The summed E-state index contributed by atoms with van der Waals surface area (Å²) in [5.41, 5.74) is 0.962. The first-order valence-corrected chi connectivity index (χ1v) is 7.29. The lowest BCUT2D eigenvalue weighted by atomic mass is 9.97. The number of likely N-dealkylation sites (tertiary alicyclic amines) is 1. The Bertz CT molecular complexity index is 478. The van der Waals surface area contributed by atoms with Crippen molar-refractivity contribution in [1.82, 2.24) is 15.2 Å². The molecule has 2 heterocycles. The van der Waals surface area contributed by atoms with Gasteiger partial charge in [0, 0.05) is 32.0 Å². The van der Waals surface area contributed by atoms with Gasteiger partial charge in [-0.3, -0.25) is 9.78 Å². The van der Waals surface area contributed by atoms with E-state index in [2.05, 4.69) is 10.3 Å². The van der Waals surface area contributed by atoms with Gasteiger partial charge in [-0.2, -0.15) is 0 Å². The molecule has 0 bridgehead atoms. The standard InChI is InChI=1S/C15H21N3O3/c1-2-21-15(20)18-8-4-6-13(11-18)14(19)17-10-12-5-3-7-16-9-12/h3,5,7,9,13H,2,4,6,8,10-11H2,1H3,(H,17,19). The predicted octanol–water partition coefficient (Wildman–Crippen LogP) is 1.57. The van der Waals surface area contributed by atoms with Crippen molar-refractivity contribution in [2.75, 3.05) is 19.7 Å². The van der Waals surface area contributed by atoms with Gasteiger partial charge in [-0.15, -0.1) is 0 Å². The van der Waals surface area contributed by atoms with Gasteiger partial charge >= 0.3 is 6.09 Å². The topological polar surface area (TPSA) is 71.5 Å². The Kier molecular flexibility index (Phi) is 5.54. The molecule has 1 saturated heterocycles. The van der Waals surface area contributed by atoms with Crippen LogP contribution in [0.5, 0.6) is 0 Å². The molecule has 1 N–H and O–H groups in total. The molecule has 1 unspecified atom stereocenters. The van der Waals surface area contributed by atoms with Crippen LogP contribution in [-0.4, -0.2) is 41.6 Å². The van der Waals surface area contributed by atoms with E-state index >= 15 is 0 Å². The summed E-state index contributed by atoms with van der Waals surface area (Å²) in [5.74, 6) is -0.187. The van der Waals surface area contributed by atoms with E-state index in [9.17, 15) is 9.59 Å². The number of carbonyl (C=O) groups excluding carboxylic acids is 2. The maximum Gasteiger partial charge on any atom is 0.409 e. The van der Waals surface area contributed by atoms with Crippen LogP contribution in [0.25, 0.3) is 0 Å². The number of piperidine rings is 1. The van der Waals surface area contributed by atoms with Gasteiger partial charge in [-0.05, 0) is 31.4 Å². The van der Waals surface area contributed by atoms with E-state index in [-0.39, 0.29) is 17.9 Å². The third kappa shape index (κ3) is 4.44. The fourth-order valence-corrected chi connectivity index (χ4v) is 2.41. The molecule has 21 heavy (non-hydrogen) atoms. The highest BCUT2D eigenvalue weighted by atomic mass is 16.6. The van der Waals surface area contributed by atoms with Gasteiger partial charge in [0.05, 0.1) is 12.5 Å². The number of rotatable bonds is 4. The second kappa shape index (κ2) is 7.61. The van der Waals surface area contributed by atoms with E-state index in [4.69, 9.17) is 4.74 Å². The molecule has 0 radical (unpaired) electrons. The molecule has 6 nitrogen and oxygen atoms in total. The Labute approximate surface area is 124 Å². The maximum atomic E-state index is 12.2. The minimum absolute atomic E-state index is 0.0205. The molecule has 6 heteroatoms. The summed E-state index contributed by atoms with van der Waals surface area (Å²) in [7, 11) is 0. The first kappa shape index (κ1) is 15.3. The predicted molar refractivity (Wildman–Crippen MR) is 77.4 cm³/mol. The third-order valence-electron chi connectivity index (χ3n) is 3.51. The van der Waals surface area contributed by atoms with Crippen LogP contribution in [0.15, 0.2) is 24.5 Å². The summed E-state index contributed by atoms with van der Waals surface area (Å²) in [4.78, 5) is 29.5. The second-order valence-electron chi connectivity index (χ2n) is 5.06. The molecule has 114 valence electrons. The zero-order valence-corrected chi connectivity index (χ0v) is 12.2. The molecule has 1 aliphatic rings. The van der Waals surface area contributed by atoms with Crippen molar-refractivity contribution in [2.45, 2.75) is 26.3 Å². The van der Waals surface area contributed by atoms with Crippen molar-refractivity contribution >= 4 is 12.0 Å². The van der Waals surface area contributed by atoms with Crippen molar-refractivity contribution in [3.63, 3.8) is 0 Å². The molecule has 0 spiro atoms. The normalized spacial score (nSPS) is 18.1. The van der Waals surface area contributed by atoms with Crippen LogP contribution in [-0.2, 0) is 16.1 Å². The van der Waals surface area contributed by atoms with Gasteiger partial charge in [0.25, 0.3) is 0 Å². The number of amides is 2. The molecule has 1 aliphatic heterocycles. The van der Waals surface area contributed by atoms with Gasteiger partial charge < -0.3 is 15.0 Å². The summed E-state index contributed by atoms with van der Waals surface area (Å²) in [6.07, 6.45) is 4.72. The van der Waals surface area contributed by atoms with Gasteiger partial charge in [0.1, 0.15) is 0 Å². The largest absolute Gasteiger partial charge is 0.450 e. The van der Waals surface area contributed by atoms with E-state index in [1.807, 2.05) is 12.1 Å². The van der Waals surface area contributed by atoms with Crippen LogP contribution >= 0.6 is 0 Å². The van der Waals surface area contributed by atoms with Gasteiger partial charge in [0.2, 0.25) is 5.91 Å². The van der Waals surface area contributed by atoms with E-state index in [1.165, 1.54) is 0 Å². The molecule has 1 atom stereocenters. The van der Waals surface area contributed by atoms with Crippen LogP contribution in [0.4, 0.5) is 4.79 Å². The van der Waals surface area contributed by atoms with Gasteiger partial charge in [-0.1, -0.05) is 6.07 Å². The maximum absolute atomic E-state index is 12.2. The Morgan fingerprint density at radius 3 is 3.10 bits per heavy atom. The lowest BCUT2D eigenvalue weighted by Gasteiger charge is -2.31. The molecule has 1 aromatic heterocycles. The van der Waals surface area contributed by atoms with Crippen LogP contribution in [0.2, 0.25) is 0 Å². The van der Waals surface area contributed by atoms with Gasteiger partial charge in [-0.25, -0.2) is 4.79 Å². The average molecular weight is 291 g/mol. The summed E-state index contributed by atoms with van der Waals surface area (Å²) in [6.45, 7) is 3.68. The van der Waals surface area contributed by atoms with E-state index in [0.717, 1.165) is 18.4 Å². The highest BCUT2D eigenvalue weighted by molar-refractivity contribution is 5.80. The minimum atomic E-state index is -0.331. The van der Waals surface area contributed by atoms with Crippen molar-refractivity contribution < 1.29 is 14.3 Å². The Balaban J connectivity index is 1.83. The van der Waals surface area contributed by atoms with Crippen molar-refractivity contribution in [2.24, 2.45) is 5.92 Å². The SMILES string of the molecule is CCOC(=O)N1CCCC(C(=O)NCc2cccnc2)C1. The smallest absolute Gasteiger partial charge is 0.409 e. The number of pyridine rings is 1. The van der Waals surface area contributed by atoms with E-state index in [0.29, 0.717) is 26.2 Å². The number of hydrogen-bond acceptors (Lipinski definition) is 4. The summed E-state index contributed by atoms with van der Waals surface area (Å²) in [6, 6.07) is 3.75. The average Bonchev–Trinajstić information content (AvgIpc) is 2.54. The fraction of sp³-hybridized carbons (Fsp3) is 0.533. The number of nitrogens with one attached hydrogen (secondary N) is 1. The monoisotopic (exact) mass is 291 g/mol. The number of hydrogen-bond donors (Lipinski definition) is 1. The Morgan fingerprint density at radius 2 is 2.38 bits per heavy atom. The summed E-state index contributed by atoms with van der Waals surface area (Å²) >= 11 is 0. The van der Waals surface area contributed by atoms with Crippen LogP contribution < -0.4 is 5.32 Å². The summed E-state index contributed by atoms with van der Waals surface area (Å²) < 4.78 is 4.99. The second-order valence-corrected chi connectivity index (χ2v) is 5.06. The fourth-order valence-electron chi connectivity index (χ4n) is 2.41. The molecule has 2 amide bonds. The number of nitrogens with zero attached hydrogens (tertiary/aromatic N) is 2. The number of carbonyl (C=O) groups is 2. The first-order valence-electron chi connectivity index (χ1n) is 7.29. The Morgan fingerprint density at radius 1 is 1.52 bits per heavy atom. The van der Waals surface area contributed by atoms with E-state index in [1.54, 1.807) is 24.2 Å². The van der Waals surface area contributed by atoms with Crippen molar-refractivity contribution in [1.29, 1.82) is 0 Å². The quantitative estimate of drug-likeness (QED) is 0.914. The molecule has 1 fully saturated rings. The van der Waals surface area contributed by atoms with Crippen LogP contribution in [0.3, 0.4) is 0 Å². The highest BCUT2D eigenvalue weighted by Crippen LogP contribution is 2.17. The van der Waals surface area contributed by atoms with Gasteiger partial charge in [0.15, 0.2) is 0 Å². The zero-order valence-electron chi connectivity index (χ0n) is 12.2. The summed E-state index contributed by atoms with van der Waals surface area (Å²) in [5, 5.41) is 2.90. The van der Waals surface area contributed by atoms with Crippen molar-refractivity contribution in [3.05, 3.63) is 30.1 Å². The third-order valence-corrected chi connectivity index (χ3v) is 3.51. The number of ether oxygens (including phenoxy) is 1. The molecule has 0 saturated carbocycles. The lowest BCUT2D eigenvalue weighted by Crippen LogP contribution is -2.45. The lowest BCUT2D eigenvalue weighted by molar-refractivity contribution is -0.126. The Hall–Kier alpha value is -2.11. The molecule has 0 aliphatic carbocycles. The minimum Gasteiger partial charge on any atom is -0.450 e. The molecular formula is C15H21N3O3. The molecule has 0 aromatic carbocycles. The van der Waals surface area contributed by atoms with Crippen molar-refractivity contribution in [3.8, 4) is 0 Å². The van der Waals surface area contributed by atoms with Crippen LogP contribution in [0, 0.1) is 5.92 Å². The molecule has 2 rings (SSSR count). The first-order chi connectivity index (χ1) is 10.2. The van der Waals surface area contributed by atoms with Crippen LogP contribution in [0.1, 0.15) is 25.3 Å². The molecule has 1 aromatic rings. The highest BCUT2D eigenvalue weighted by Gasteiger charge is 2.28. The zero-order chi connectivity index (χ0) is 15.1.